The second kappa shape index (κ2) is 7.92. The summed E-state index contributed by atoms with van der Waals surface area (Å²) in [4.78, 5) is 16.8. The number of rotatable bonds is 5. The molecule has 5 nitrogen and oxygen atoms in total. The molecule has 27 heavy (non-hydrogen) atoms. The molecule has 0 radical (unpaired) electrons. The maximum Gasteiger partial charge on any atom is 0.249 e. The fraction of sp³-hybridized carbons (Fsp3) is 0.222. The van der Waals surface area contributed by atoms with E-state index < -0.39 is 15.7 Å². The van der Waals surface area contributed by atoms with Crippen LogP contribution in [0.4, 0.5) is 4.39 Å². The molecule has 142 valence electrons. The molecule has 0 unspecified atom stereocenters. The van der Waals surface area contributed by atoms with Gasteiger partial charge >= 0.3 is 0 Å². The van der Waals surface area contributed by atoms with Crippen LogP contribution in [-0.4, -0.2) is 24.6 Å². The van der Waals surface area contributed by atoms with Crippen molar-refractivity contribution in [3.63, 3.8) is 0 Å². The van der Waals surface area contributed by atoms with Crippen molar-refractivity contribution in [1.29, 1.82) is 0 Å². The predicted octanol–water partition coefficient (Wildman–Crippen LogP) is 3.81. The molecule has 0 N–H and O–H groups in total. The lowest BCUT2D eigenvalue weighted by Gasteiger charge is -2.03. The summed E-state index contributed by atoms with van der Waals surface area (Å²) in [6.07, 6.45) is -0.239. The number of thiazole rings is 1. The number of amides is 1. The fourth-order valence-corrected chi connectivity index (χ4v) is 5.07. The Morgan fingerprint density at radius 2 is 1.93 bits per heavy atom. The molecule has 0 saturated carbocycles. The van der Waals surface area contributed by atoms with Gasteiger partial charge in [0.1, 0.15) is 5.82 Å². The van der Waals surface area contributed by atoms with E-state index >= 15 is 0 Å². The smallest absolute Gasteiger partial charge is 0.249 e. The van der Waals surface area contributed by atoms with E-state index in [0.29, 0.717) is 21.1 Å². The Morgan fingerprint density at radius 1 is 1.22 bits per heavy atom. The number of sulfone groups is 1. The minimum atomic E-state index is -3.60. The summed E-state index contributed by atoms with van der Waals surface area (Å²) in [5.74, 6) is -1.25. The van der Waals surface area contributed by atoms with Crippen LogP contribution in [0.1, 0.15) is 13.3 Å². The average molecular weight is 427 g/mol. The van der Waals surface area contributed by atoms with Gasteiger partial charge < -0.3 is 4.57 Å². The Balaban J connectivity index is 1.83. The molecule has 0 aliphatic carbocycles. The highest BCUT2D eigenvalue weighted by Crippen LogP contribution is 2.19. The average Bonchev–Trinajstić information content (AvgIpc) is 2.96. The third-order valence-corrected chi connectivity index (χ3v) is 6.96. The molecule has 0 aliphatic heterocycles. The van der Waals surface area contributed by atoms with Gasteiger partial charge in [0, 0.05) is 18.0 Å². The first kappa shape index (κ1) is 19.7. The minimum Gasteiger partial charge on any atom is -0.317 e. The van der Waals surface area contributed by atoms with Gasteiger partial charge in [0.15, 0.2) is 14.6 Å². The van der Waals surface area contributed by atoms with Crippen molar-refractivity contribution in [3.8, 4) is 0 Å². The number of hydrogen-bond acceptors (Lipinski definition) is 4. The van der Waals surface area contributed by atoms with E-state index in [1.807, 2.05) is 6.92 Å². The molecule has 0 bridgehead atoms. The number of benzene rings is 2. The van der Waals surface area contributed by atoms with Gasteiger partial charge in [-0.25, -0.2) is 12.8 Å². The summed E-state index contributed by atoms with van der Waals surface area (Å²) in [6.45, 7) is 2.45. The summed E-state index contributed by atoms with van der Waals surface area (Å²) in [6, 6.07) is 10.2. The van der Waals surface area contributed by atoms with Gasteiger partial charge in [-0.15, -0.1) is 0 Å². The lowest BCUT2D eigenvalue weighted by molar-refractivity contribution is -0.117. The third-order valence-electron chi connectivity index (χ3n) is 3.94. The highest BCUT2D eigenvalue weighted by atomic mass is 35.5. The zero-order valence-electron chi connectivity index (χ0n) is 14.4. The zero-order chi connectivity index (χ0) is 19.6. The van der Waals surface area contributed by atoms with Crippen molar-refractivity contribution in [3.05, 3.63) is 58.1 Å². The number of halogens is 2. The van der Waals surface area contributed by atoms with Crippen LogP contribution in [0.15, 0.2) is 52.4 Å². The lowest BCUT2D eigenvalue weighted by Crippen LogP contribution is -2.17. The Bertz CT molecular complexity index is 1170. The summed E-state index contributed by atoms with van der Waals surface area (Å²) in [5, 5.41) is 0.436. The van der Waals surface area contributed by atoms with Crippen LogP contribution in [0.3, 0.4) is 0 Å². The van der Waals surface area contributed by atoms with Gasteiger partial charge in [0.05, 0.1) is 20.9 Å². The van der Waals surface area contributed by atoms with Crippen molar-refractivity contribution >= 4 is 48.9 Å². The molecule has 1 amide bonds. The van der Waals surface area contributed by atoms with Gasteiger partial charge in [-0.3, -0.25) is 4.79 Å². The molecule has 9 heteroatoms. The van der Waals surface area contributed by atoms with E-state index in [1.165, 1.54) is 47.7 Å². The number of carbonyl (C=O) groups excluding carboxylic acids is 1. The Morgan fingerprint density at radius 3 is 2.59 bits per heavy atom. The van der Waals surface area contributed by atoms with Crippen molar-refractivity contribution < 1.29 is 17.6 Å². The fourth-order valence-electron chi connectivity index (χ4n) is 2.58. The number of aryl methyl sites for hydroxylation is 1. The van der Waals surface area contributed by atoms with Crippen LogP contribution in [0.2, 0.25) is 5.02 Å². The van der Waals surface area contributed by atoms with Gasteiger partial charge in [-0.05, 0) is 49.4 Å². The molecule has 0 spiro atoms. The SMILES string of the molecule is CCn1c(=NC(=O)CCS(=O)(=O)c2ccc(Cl)cc2)sc2cc(F)ccc21. The second-order valence-electron chi connectivity index (χ2n) is 5.77. The van der Waals surface area contributed by atoms with Gasteiger partial charge in [-0.1, -0.05) is 22.9 Å². The number of aromatic nitrogens is 1. The maximum absolute atomic E-state index is 13.4. The van der Waals surface area contributed by atoms with Crippen molar-refractivity contribution in [2.24, 2.45) is 4.99 Å². The van der Waals surface area contributed by atoms with Crippen LogP contribution in [0.5, 0.6) is 0 Å². The van der Waals surface area contributed by atoms with Gasteiger partial charge in [0.25, 0.3) is 0 Å². The van der Waals surface area contributed by atoms with Crippen molar-refractivity contribution in [2.75, 3.05) is 5.75 Å². The topological polar surface area (TPSA) is 68.5 Å². The van der Waals surface area contributed by atoms with Crippen molar-refractivity contribution in [1.82, 2.24) is 4.57 Å². The number of fused-ring (bicyclic) bond motifs is 1. The highest BCUT2D eigenvalue weighted by Gasteiger charge is 2.16. The molecule has 3 aromatic rings. The van der Waals surface area contributed by atoms with E-state index in [2.05, 4.69) is 4.99 Å². The van der Waals surface area contributed by atoms with E-state index in [0.717, 1.165) is 5.52 Å². The van der Waals surface area contributed by atoms with E-state index in [-0.39, 0.29) is 22.9 Å². The van der Waals surface area contributed by atoms with E-state index in [4.69, 9.17) is 11.6 Å². The molecule has 3 rings (SSSR count). The lowest BCUT2D eigenvalue weighted by atomic mass is 10.3. The molecular formula is C18H16ClFN2O3S2. The second-order valence-corrected chi connectivity index (χ2v) is 9.32. The quantitative estimate of drug-likeness (QED) is 0.623. The summed E-state index contributed by atoms with van der Waals surface area (Å²) >= 11 is 6.96. The third kappa shape index (κ3) is 4.45. The zero-order valence-corrected chi connectivity index (χ0v) is 16.7. The first-order valence-electron chi connectivity index (χ1n) is 8.15. The van der Waals surface area contributed by atoms with Gasteiger partial charge in [-0.2, -0.15) is 4.99 Å². The molecule has 2 aromatic carbocycles. The molecule has 1 heterocycles. The Hall–Kier alpha value is -2.03. The van der Waals surface area contributed by atoms with Gasteiger partial charge in [0.2, 0.25) is 5.91 Å². The summed E-state index contributed by atoms with van der Waals surface area (Å²) in [7, 11) is -3.60. The maximum atomic E-state index is 13.4. The monoisotopic (exact) mass is 426 g/mol. The molecule has 1 aromatic heterocycles. The standard InChI is InChI=1S/C18H16ClFN2O3S2/c1-2-22-15-8-5-13(20)11-16(15)26-18(22)21-17(23)9-10-27(24,25)14-6-3-12(19)4-7-14/h3-8,11H,2,9-10H2,1H3. The molecule has 0 fully saturated rings. The number of nitrogens with zero attached hydrogens (tertiary/aromatic N) is 2. The molecular weight excluding hydrogens is 411 g/mol. The molecule has 0 saturated heterocycles. The highest BCUT2D eigenvalue weighted by molar-refractivity contribution is 7.91. The van der Waals surface area contributed by atoms with Crippen molar-refractivity contribution in [2.45, 2.75) is 24.8 Å². The molecule has 0 aliphatic rings. The predicted molar refractivity (Wildman–Crippen MR) is 104 cm³/mol. The summed E-state index contributed by atoms with van der Waals surface area (Å²) < 4.78 is 40.5. The minimum absolute atomic E-state index is 0.112. The normalized spacial score (nSPS) is 12.6. The van der Waals surface area contributed by atoms with Crippen LogP contribution in [0.25, 0.3) is 10.2 Å². The molecule has 0 atom stereocenters. The Kier molecular flexibility index (Phi) is 5.78. The number of carbonyl (C=O) groups is 1. The summed E-state index contributed by atoms with van der Waals surface area (Å²) in [5.41, 5.74) is 0.782. The first-order valence-corrected chi connectivity index (χ1v) is 11.0. The largest absolute Gasteiger partial charge is 0.317 e. The van der Waals surface area contributed by atoms with Crippen LogP contribution in [0, 0.1) is 5.82 Å². The van der Waals surface area contributed by atoms with E-state index in [9.17, 15) is 17.6 Å². The van der Waals surface area contributed by atoms with Crippen LogP contribution in [-0.2, 0) is 21.2 Å². The van der Waals surface area contributed by atoms with Crippen LogP contribution >= 0.6 is 22.9 Å². The first-order chi connectivity index (χ1) is 12.8. The number of hydrogen-bond donors (Lipinski definition) is 0. The van der Waals surface area contributed by atoms with Crippen LogP contribution < -0.4 is 4.80 Å². The Labute approximate surface area is 164 Å². The van der Waals surface area contributed by atoms with E-state index in [1.54, 1.807) is 10.6 Å².